The van der Waals surface area contributed by atoms with Crippen molar-refractivity contribution in [3.8, 4) is 0 Å². The first-order valence-electron chi connectivity index (χ1n) is 6.55. The lowest BCUT2D eigenvalue weighted by molar-refractivity contribution is -0.119. The van der Waals surface area contributed by atoms with Crippen molar-refractivity contribution in [3.05, 3.63) is 63.6 Å². The van der Waals surface area contributed by atoms with Crippen LogP contribution in [0.5, 0.6) is 0 Å². The monoisotopic (exact) mass is 383 g/mol. The lowest BCUT2D eigenvalue weighted by atomic mass is 10.1. The number of rotatable bonds is 4. The summed E-state index contributed by atoms with van der Waals surface area (Å²) >= 11 is 3.10. The fraction of sp³-hybridized carbons (Fsp3) is 0.125. The molecule has 2 aromatic carbocycles. The van der Waals surface area contributed by atoms with Crippen molar-refractivity contribution >= 4 is 33.5 Å². The molecule has 2 rings (SSSR count). The van der Waals surface area contributed by atoms with E-state index in [9.17, 15) is 18.4 Å². The number of benzene rings is 2. The fourth-order valence-electron chi connectivity index (χ4n) is 1.71. The van der Waals surface area contributed by atoms with E-state index in [0.29, 0.717) is 10.0 Å². The van der Waals surface area contributed by atoms with Crippen LogP contribution in [0.15, 0.2) is 40.9 Å². The second-order valence-corrected chi connectivity index (χ2v) is 5.63. The van der Waals surface area contributed by atoms with Crippen LogP contribution >= 0.6 is 15.9 Å². The number of ether oxygens (including phenoxy) is 1. The molecule has 0 unspecified atom stereocenters. The molecule has 0 saturated heterocycles. The van der Waals surface area contributed by atoms with Crippen LogP contribution in [0.3, 0.4) is 0 Å². The van der Waals surface area contributed by atoms with Gasteiger partial charge in [-0.15, -0.1) is 0 Å². The molecule has 0 heterocycles. The number of halogens is 3. The van der Waals surface area contributed by atoms with Crippen LogP contribution in [0, 0.1) is 18.6 Å². The Morgan fingerprint density at radius 1 is 1.13 bits per heavy atom. The largest absolute Gasteiger partial charge is 0.452 e. The number of esters is 1. The summed E-state index contributed by atoms with van der Waals surface area (Å²) in [5.74, 6) is -2.71. The second-order valence-electron chi connectivity index (χ2n) is 4.71. The summed E-state index contributed by atoms with van der Waals surface area (Å²) in [7, 11) is 0. The maximum absolute atomic E-state index is 13.6. The molecule has 120 valence electrons. The number of amides is 1. The molecule has 0 radical (unpaired) electrons. The molecule has 0 aliphatic carbocycles. The lowest BCUT2D eigenvalue weighted by Gasteiger charge is -2.08. The summed E-state index contributed by atoms with van der Waals surface area (Å²) in [5.41, 5.74) is 0.358. The Kier molecular flexibility index (Phi) is 5.44. The molecule has 23 heavy (non-hydrogen) atoms. The van der Waals surface area contributed by atoms with E-state index in [4.69, 9.17) is 4.74 Å². The van der Waals surface area contributed by atoms with E-state index in [2.05, 4.69) is 21.2 Å². The second kappa shape index (κ2) is 7.32. The van der Waals surface area contributed by atoms with Crippen LogP contribution in [-0.4, -0.2) is 18.5 Å². The smallest absolute Gasteiger partial charge is 0.338 e. The average Bonchev–Trinajstić information content (AvgIpc) is 2.50. The van der Waals surface area contributed by atoms with Gasteiger partial charge in [-0.1, -0.05) is 22.0 Å². The van der Waals surface area contributed by atoms with Crippen molar-refractivity contribution in [1.29, 1.82) is 0 Å². The summed E-state index contributed by atoms with van der Waals surface area (Å²) in [5, 5.41) is 2.28. The van der Waals surface area contributed by atoms with Gasteiger partial charge >= 0.3 is 5.97 Å². The summed E-state index contributed by atoms with van der Waals surface area (Å²) < 4.78 is 32.2. The van der Waals surface area contributed by atoms with Gasteiger partial charge in [-0.2, -0.15) is 0 Å². The van der Waals surface area contributed by atoms with E-state index in [1.165, 1.54) is 24.3 Å². The number of carbonyl (C=O) groups excluding carboxylic acids is 2. The first-order valence-corrected chi connectivity index (χ1v) is 7.34. The molecule has 0 fully saturated rings. The number of anilines is 1. The normalized spacial score (nSPS) is 10.3. The number of hydrogen-bond acceptors (Lipinski definition) is 3. The van der Waals surface area contributed by atoms with E-state index in [1.807, 2.05) is 0 Å². The van der Waals surface area contributed by atoms with Crippen molar-refractivity contribution in [1.82, 2.24) is 0 Å². The molecule has 1 N–H and O–H groups in total. The first-order chi connectivity index (χ1) is 10.9. The van der Waals surface area contributed by atoms with Gasteiger partial charge in [0.05, 0.1) is 11.3 Å². The quantitative estimate of drug-likeness (QED) is 0.816. The molecule has 0 saturated carbocycles. The fourth-order valence-corrected chi connectivity index (χ4v) is 2.04. The van der Waals surface area contributed by atoms with Crippen LogP contribution < -0.4 is 5.32 Å². The number of nitrogens with one attached hydrogen (secondary N) is 1. The molecule has 7 heteroatoms. The highest BCUT2D eigenvalue weighted by atomic mass is 79.9. The van der Waals surface area contributed by atoms with Crippen molar-refractivity contribution in [2.75, 3.05) is 11.9 Å². The average molecular weight is 384 g/mol. The van der Waals surface area contributed by atoms with Gasteiger partial charge in [-0.3, -0.25) is 4.79 Å². The summed E-state index contributed by atoms with van der Waals surface area (Å²) in [6.07, 6.45) is 0. The highest BCUT2D eigenvalue weighted by Crippen LogP contribution is 2.19. The number of hydrogen-bond donors (Lipinski definition) is 1. The zero-order valence-corrected chi connectivity index (χ0v) is 13.6. The van der Waals surface area contributed by atoms with Crippen molar-refractivity contribution < 1.29 is 23.1 Å². The van der Waals surface area contributed by atoms with Gasteiger partial charge in [0.2, 0.25) is 0 Å². The van der Waals surface area contributed by atoms with Gasteiger partial charge in [0.1, 0.15) is 11.6 Å². The topological polar surface area (TPSA) is 55.4 Å². The zero-order chi connectivity index (χ0) is 17.0. The molecule has 0 bridgehead atoms. The summed E-state index contributed by atoms with van der Waals surface area (Å²) in [6.45, 7) is 0.953. The molecule has 0 aromatic heterocycles. The Morgan fingerprint density at radius 3 is 2.52 bits per heavy atom. The highest BCUT2D eigenvalue weighted by Gasteiger charge is 2.13. The molecule has 0 aliphatic rings. The van der Waals surface area contributed by atoms with Crippen LogP contribution in [0.2, 0.25) is 0 Å². The minimum absolute atomic E-state index is 0.00396. The van der Waals surface area contributed by atoms with Crippen LogP contribution in [0.1, 0.15) is 15.9 Å². The first kappa shape index (κ1) is 17.1. The van der Waals surface area contributed by atoms with Gasteiger partial charge in [-0.05, 0) is 42.8 Å². The van der Waals surface area contributed by atoms with Crippen LogP contribution in [-0.2, 0) is 9.53 Å². The molecule has 1 amide bonds. The Balaban J connectivity index is 1.93. The summed E-state index contributed by atoms with van der Waals surface area (Å²) in [4.78, 5) is 23.4. The van der Waals surface area contributed by atoms with Gasteiger partial charge in [0, 0.05) is 4.47 Å². The molecule has 0 spiro atoms. The van der Waals surface area contributed by atoms with Crippen molar-refractivity contribution in [3.63, 3.8) is 0 Å². The third kappa shape index (κ3) is 4.59. The van der Waals surface area contributed by atoms with E-state index < -0.39 is 30.1 Å². The molecule has 2 aromatic rings. The van der Waals surface area contributed by atoms with E-state index >= 15 is 0 Å². The lowest BCUT2D eigenvalue weighted by Crippen LogP contribution is -2.21. The highest BCUT2D eigenvalue weighted by molar-refractivity contribution is 9.10. The number of carbonyl (C=O) groups is 2. The maximum Gasteiger partial charge on any atom is 0.338 e. The molecule has 4 nitrogen and oxygen atoms in total. The summed E-state index contributed by atoms with van der Waals surface area (Å²) in [6, 6.07) is 7.98. The Bertz CT molecular complexity index is 765. The predicted molar refractivity (Wildman–Crippen MR) is 84.1 cm³/mol. The van der Waals surface area contributed by atoms with Crippen molar-refractivity contribution in [2.45, 2.75) is 6.92 Å². The standard InChI is InChI=1S/C16H12BrF2NO3/c1-9-2-3-10(6-12(9)18)16(22)23-8-15(21)20-14-5-4-11(17)7-13(14)19/h2-7H,8H2,1H3,(H,20,21). The minimum Gasteiger partial charge on any atom is -0.452 e. The van der Waals surface area contributed by atoms with Gasteiger partial charge in [-0.25, -0.2) is 13.6 Å². The number of aryl methyl sites for hydroxylation is 1. The predicted octanol–water partition coefficient (Wildman–Crippen LogP) is 3.83. The van der Waals surface area contributed by atoms with Gasteiger partial charge in [0.25, 0.3) is 5.91 Å². The molecule has 0 aliphatic heterocycles. The third-order valence-electron chi connectivity index (χ3n) is 2.95. The molecular formula is C16H12BrF2NO3. The molecular weight excluding hydrogens is 372 g/mol. The van der Waals surface area contributed by atoms with Gasteiger partial charge in [0.15, 0.2) is 6.61 Å². The van der Waals surface area contributed by atoms with Crippen molar-refractivity contribution in [2.24, 2.45) is 0 Å². The Labute approximate surface area is 139 Å². The van der Waals surface area contributed by atoms with Gasteiger partial charge < -0.3 is 10.1 Å². The van der Waals surface area contributed by atoms with E-state index in [-0.39, 0.29) is 11.3 Å². The zero-order valence-electron chi connectivity index (χ0n) is 12.0. The Hall–Kier alpha value is -2.28. The maximum atomic E-state index is 13.6. The van der Waals surface area contributed by atoms with E-state index in [1.54, 1.807) is 13.0 Å². The van der Waals surface area contributed by atoms with Crippen LogP contribution in [0.4, 0.5) is 14.5 Å². The Morgan fingerprint density at radius 2 is 1.87 bits per heavy atom. The van der Waals surface area contributed by atoms with Crippen LogP contribution in [0.25, 0.3) is 0 Å². The molecule has 0 atom stereocenters. The minimum atomic E-state index is -0.838. The SMILES string of the molecule is Cc1ccc(C(=O)OCC(=O)Nc2ccc(Br)cc2F)cc1F. The third-order valence-corrected chi connectivity index (χ3v) is 3.44. The van der Waals surface area contributed by atoms with E-state index in [0.717, 1.165) is 6.07 Å².